The molecule has 4 amide bonds. The first-order valence-corrected chi connectivity index (χ1v) is 17.0. The van der Waals surface area contributed by atoms with Crippen LogP contribution in [0.1, 0.15) is 91.9 Å². The second kappa shape index (κ2) is 25.7. The molecule has 0 radical (unpaired) electrons. The molecule has 0 spiro atoms. The van der Waals surface area contributed by atoms with Crippen LogP contribution >= 0.6 is 0 Å². The fraction of sp³-hybridized carbons (Fsp3) is 0.812. The highest BCUT2D eigenvalue weighted by Gasteiger charge is 2.36. The Bertz CT molecular complexity index is 1030. The molecule has 0 heterocycles. The van der Waals surface area contributed by atoms with E-state index in [4.69, 9.17) is 10.5 Å². The van der Waals surface area contributed by atoms with Crippen LogP contribution in [0, 0.1) is 0 Å². The minimum atomic E-state index is -2.13. The number of nitrogens with one attached hydrogen (secondary N) is 5. The Morgan fingerprint density at radius 1 is 0.694 bits per heavy atom. The van der Waals surface area contributed by atoms with Crippen LogP contribution in [0.3, 0.4) is 0 Å². The van der Waals surface area contributed by atoms with Crippen LogP contribution in [0.15, 0.2) is 0 Å². The lowest BCUT2D eigenvalue weighted by Gasteiger charge is -2.25. The molecule has 0 saturated carbocycles. The van der Waals surface area contributed by atoms with Gasteiger partial charge in [-0.05, 0) is 58.4 Å². The van der Waals surface area contributed by atoms with E-state index in [0.717, 1.165) is 26.9 Å². The molecule has 4 unspecified atom stereocenters. The number of ketones is 1. The summed E-state index contributed by atoms with van der Waals surface area (Å²) in [4.78, 5) is 75.3. The predicted molar refractivity (Wildman–Crippen MR) is 180 cm³/mol. The van der Waals surface area contributed by atoms with Crippen molar-refractivity contribution in [2.45, 2.75) is 140 Å². The molecule has 17 nitrogen and oxygen atoms in total. The number of ether oxygens (including phenoxy) is 1. The molecule has 0 saturated heterocycles. The minimum absolute atomic E-state index is 0.0224. The lowest BCUT2D eigenvalue weighted by Crippen LogP contribution is -2.56. The third-order valence-electron chi connectivity index (χ3n) is 7.70. The molecule has 0 aromatic rings. The van der Waals surface area contributed by atoms with Gasteiger partial charge in [-0.3, -0.25) is 24.0 Å². The van der Waals surface area contributed by atoms with Gasteiger partial charge in [0.25, 0.3) is 5.91 Å². The van der Waals surface area contributed by atoms with Crippen LogP contribution in [-0.2, 0) is 33.5 Å². The number of carbonyl (C=O) groups is 6. The first kappa shape index (κ1) is 45.8. The van der Waals surface area contributed by atoms with Gasteiger partial charge in [0.05, 0.1) is 13.7 Å². The van der Waals surface area contributed by atoms with Crippen molar-refractivity contribution >= 4 is 35.4 Å². The Labute approximate surface area is 288 Å². The van der Waals surface area contributed by atoms with Crippen LogP contribution in [0.4, 0.5) is 0 Å². The quantitative estimate of drug-likeness (QED) is 0.0317. The minimum Gasteiger partial charge on any atom is -0.467 e. The highest BCUT2D eigenvalue weighted by Crippen LogP contribution is 2.10. The van der Waals surface area contributed by atoms with Gasteiger partial charge >= 0.3 is 5.97 Å². The topological polar surface area (TPSA) is 279 Å². The Kier molecular flexibility index (Phi) is 24.0. The van der Waals surface area contributed by atoms with Crippen molar-refractivity contribution in [3.63, 3.8) is 0 Å². The summed E-state index contributed by atoms with van der Waals surface area (Å²) >= 11 is 0. The van der Waals surface area contributed by atoms with Gasteiger partial charge in [-0.1, -0.05) is 40.0 Å². The van der Waals surface area contributed by atoms with Crippen LogP contribution < -0.4 is 32.3 Å². The highest BCUT2D eigenvalue weighted by molar-refractivity contribution is 5.93. The van der Waals surface area contributed by atoms with Crippen molar-refractivity contribution in [3.05, 3.63) is 0 Å². The molecule has 0 bridgehead atoms. The first-order chi connectivity index (χ1) is 23.1. The maximum Gasteiger partial charge on any atom is 0.328 e. The summed E-state index contributed by atoms with van der Waals surface area (Å²) in [5.41, 5.74) is 5.63. The Morgan fingerprint density at radius 2 is 1.20 bits per heavy atom. The normalized spacial score (nSPS) is 15.6. The van der Waals surface area contributed by atoms with Gasteiger partial charge in [0.2, 0.25) is 17.7 Å². The number of carbonyl (C=O) groups excluding carboxylic acids is 6. The molecular formula is C32H60N6O11. The van der Waals surface area contributed by atoms with E-state index in [1.807, 2.05) is 20.8 Å². The molecule has 17 heteroatoms. The van der Waals surface area contributed by atoms with Crippen molar-refractivity contribution in [2.24, 2.45) is 5.73 Å². The van der Waals surface area contributed by atoms with E-state index in [1.54, 1.807) is 0 Å². The maximum atomic E-state index is 13.4. The maximum absolute atomic E-state index is 13.4. The molecule has 0 aliphatic carbocycles. The summed E-state index contributed by atoms with van der Waals surface area (Å²) in [5, 5.41) is 52.8. The largest absolute Gasteiger partial charge is 0.467 e. The number of methoxy groups -OCH3 is 1. The number of aliphatic hydroxyl groups excluding tert-OH is 4. The van der Waals surface area contributed by atoms with Crippen molar-refractivity contribution in [1.29, 1.82) is 0 Å². The number of hydrogen-bond acceptors (Lipinski definition) is 13. The molecule has 0 rings (SSSR count). The van der Waals surface area contributed by atoms with Gasteiger partial charge in [-0.15, -0.1) is 0 Å². The molecule has 0 aliphatic rings. The summed E-state index contributed by atoms with van der Waals surface area (Å²) < 4.78 is 4.85. The third kappa shape index (κ3) is 18.9. The molecule has 11 N–H and O–H groups in total. The SMILES string of the molecule is CCCCC[C@H](NC(=O)CNC(C)C)C(=O)N[C@@H](CCCCN)C(=O)N[C@@H](CCCCNC(=O)C(O)C(O)C(O)C(O)C(C)=O)C(=O)OC. The zero-order chi connectivity index (χ0) is 37.5. The van der Waals surface area contributed by atoms with Crippen molar-refractivity contribution in [3.8, 4) is 0 Å². The third-order valence-corrected chi connectivity index (χ3v) is 7.70. The lowest BCUT2D eigenvalue weighted by molar-refractivity contribution is -0.153. The van der Waals surface area contributed by atoms with Crippen molar-refractivity contribution in [1.82, 2.24) is 26.6 Å². The molecule has 284 valence electrons. The number of esters is 1. The van der Waals surface area contributed by atoms with Gasteiger partial charge in [-0.2, -0.15) is 0 Å². The van der Waals surface area contributed by atoms with E-state index >= 15 is 0 Å². The summed E-state index contributed by atoms with van der Waals surface area (Å²) in [7, 11) is 1.16. The first-order valence-electron chi connectivity index (χ1n) is 17.0. The number of aliphatic hydroxyl groups is 4. The molecular weight excluding hydrogens is 644 g/mol. The van der Waals surface area contributed by atoms with Crippen molar-refractivity contribution in [2.75, 3.05) is 26.7 Å². The van der Waals surface area contributed by atoms with Gasteiger partial charge in [0.15, 0.2) is 11.9 Å². The fourth-order valence-electron chi connectivity index (χ4n) is 4.67. The highest BCUT2D eigenvalue weighted by atomic mass is 16.5. The monoisotopic (exact) mass is 704 g/mol. The molecule has 0 aromatic heterocycles. The zero-order valence-electron chi connectivity index (χ0n) is 29.5. The van der Waals surface area contributed by atoms with Gasteiger partial charge < -0.3 is 57.5 Å². The average Bonchev–Trinajstić information content (AvgIpc) is 3.07. The number of rotatable bonds is 27. The Morgan fingerprint density at radius 3 is 1.73 bits per heavy atom. The summed E-state index contributed by atoms with van der Waals surface area (Å²) in [6.07, 6.45) is -3.54. The molecule has 49 heavy (non-hydrogen) atoms. The number of amides is 4. The van der Waals surface area contributed by atoms with E-state index in [-0.39, 0.29) is 50.7 Å². The van der Waals surface area contributed by atoms with Crippen LogP contribution in [0.25, 0.3) is 0 Å². The number of unbranched alkanes of at least 4 members (excludes halogenated alkanes) is 4. The van der Waals surface area contributed by atoms with Gasteiger partial charge in [0.1, 0.15) is 36.4 Å². The van der Waals surface area contributed by atoms with E-state index in [2.05, 4.69) is 26.6 Å². The summed E-state index contributed by atoms with van der Waals surface area (Å²) in [6, 6.07) is -2.93. The van der Waals surface area contributed by atoms with Crippen LogP contribution in [-0.4, -0.2) is 131 Å². The van der Waals surface area contributed by atoms with E-state index in [0.29, 0.717) is 32.2 Å². The Balaban J connectivity index is 5.41. The standard InChI is InChI=1S/C32H60N6O11/c1-6-7-8-13-21(36-24(40)18-35-19(2)3)29(45)37-22(14-9-11-16-33)30(46)38-23(32(48)49-5)15-10-12-17-34-31(47)28(44)27(43)26(42)25(41)20(4)39/h19,21-23,25-28,35,41-44H,6-18,33H2,1-5H3,(H,34,47)(H,36,40)(H,37,45)(H,38,46)/t21-,22-,23-,25?,26?,27?,28?/m0/s1. The molecule has 0 aromatic carbocycles. The Hall–Kier alpha value is -3.22. The van der Waals surface area contributed by atoms with Crippen LogP contribution in [0.5, 0.6) is 0 Å². The second-order valence-corrected chi connectivity index (χ2v) is 12.3. The summed E-state index contributed by atoms with van der Waals surface area (Å²) in [6.45, 7) is 7.14. The number of Topliss-reactive ketones (excluding diaryl/α,β-unsaturated/α-hetero) is 1. The van der Waals surface area contributed by atoms with E-state index in [1.165, 1.54) is 0 Å². The number of hydrogen-bond donors (Lipinski definition) is 10. The van der Waals surface area contributed by atoms with Gasteiger partial charge in [-0.25, -0.2) is 4.79 Å². The lowest BCUT2D eigenvalue weighted by atomic mass is 10.0. The second-order valence-electron chi connectivity index (χ2n) is 12.3. The van der Waals surface area contributed by atoms with E-state index in [9.17, 15) is 49.2 Å². The molecule has 0 fully saturated rings. The molecule has 7 atom stereocenters. The zero-order valence-corrected chi connectivity index (χ0v) is 29.5. The molecule has 0 aliphatic heterocycles. The number of nitrogens with two attached hydrogens (primary N) is 1. The predicted octanol–water partition coefficient (Wildman–Crippen LogP) is -2.36. The van der Waals surface area contributed by atoms with E-state index < -0.39 is 72.0 Å². The smallest absolute Gasteiger partial charge is 0.328 e. The van der Waals surface area contributed by atoms with Crippen molar-refractivity contribution < 1.29 is 53.9 Å². The van der Waals surface area contributed by atoms with Gasteiger partial charge in [0, 0.05) is 12.6 Å². The average molecular weight is 705 g/mol. The van der Waals surface area contributed by atoms with Crippen LogP contribution in [0.2, 0.25) is 0 Å². The summed E-state index contributed by atoms with van der Waals surface area (Å²) in [5.74, 6) is -4.16. The fourth-order valence-corrected chi connectivity index (χ4v) is 4.67.